The van der Waals surface area contributed by atoms with Crippen LogP contribution in [0.4, 0.5) is 0 Å². The molecule has 1 nitrogen and oxygen atoms in total. The first-order valence-electron chi connectivity index (χ1n) is 3.68. The Kier molecular flexibility index (Phi) is 3.34. The van der Waals surface area contributed by atoms with Crippen molar-refractivity contribution in [3.05, 3.63) is 12.2 Å². The van der Waals surface area contributed by atoms with E-state index in [2.05, 4.69) is 39.3 Å². The zero-order valence-corrected chi connectivity index (χ0v) is 7.44. The molecule has 0 bridgehead atoms. The van der Waals surface area contributed by atoms with Crippen LogP contribution in [-0.4, -0.2) is 11.8 Å². The lowest BCUT2D eigenvalue weighted by atomic mass is 10.1. The molecule has 0 aromatic heterocycles. The van der Waals surface area contributed by atoms with Crippen LogP contribution in [0.1, 0.15) is 34.1 Å². The van der Waals surface area contributed by atoms with E-state index in [1.807, 2.05) is 6.21 Å². The Labute approximate surface area is 63.9 Å². The molecule has 0 rings (SSSR count). The van der Waals surface area contributed by atoms with Crippen molar-refractivity contribution in [1.82, 2.24) is 0 Å². The van der Waals surface area contributed by atoms with E-state index in [4.69, 9.17) is 0 Å². The lowest BCUT2D eigenvalue weighted by molar-refractivity contribution is 0.586. The first-order valence-corrected chi connectivity index (χ1v) is 3.68. The first kappa shape index (κ1) is 9.41. The second-order valence-corrected chi connectivity index (χ2v) is 3.44. The predicted molar refractivity (Wildman–Crippen MR) is 47.7 cm³/mol. The summed E-state index contributed by atoms with van der Waals surface area (Å²) in [5.74, 6) is 0. The molecule has 0 aromatic carbocycles. The second-order valence-electron chi connectivity index (χ2n) is 3.44. The minimum atomic E-state index is 0.0398. The number of nitrogens with zero attached hydrogens (tertiary/aromatic N) is 1. The van der Waals surface area contributed by atoms with Crippen LogP contribution in [0.15, 0.2) is 17.1 Å². The molecule has 0 amide bonds. The van der Waals surface area contributed by atoms with E-state index in [0.717, 1.165) is 12.0 Å². The zero-order valence-electron chi connectivity index (χ0n) is 7.44. The number of hydrogen-bond donors (Lipinski definition) is 0. The molecule has 0 saturated heterocycles. The van der Waals surface area contributed by atoms with Crippen LogP contribution in [0.2, 0.25) is 0 Å². The van der Waals surface area contributed by atoms with Crippen molar-refractivity contribution in [1.29, 1.82) is 0 Å². The third kappa shape index (κ3) is 5.54. The Balaban J connectivity index is 3.88. The number of rotatable bonds is 2. The molecule has 0 saturated carbocycles. The smallest absolute Gasteiger partial charge is 0.0524 e. The summed E-state index contributed by atoms with van der Waals surface area (Å²) in [5.41, 5.74) is 1.13. The van der Waals surface area contributed by atoms with Gasteiger partial charge in [0.1, 0.15) is 0 Å². The molecule has 0 spiro atoms. The van der Waals surface area contributed by atoms with Crippen molar-refractivity contribution in [2.45, 2.75) is 39.7 Å². The van der Waals surface area contributed by atoms with Gasteiger partial charge in [-0.1, -0.05) is 13.5 Å². The lowest BCUT2D eigenvalue weighted by Gasteiger charge is -2.10. The van der Waals surface area contributed by atoms with Gasteiger partial charge in [-0.15, -0.1) is 0 Å². The highest BCUT2D eigenvalue weighted by molar-refractivity contribution is 5.77. The summed E-state index contributed by atoms with van der Waals surface area (Å²) >= 11 is 0. The number of aliphatic imine (C=N–C) groups is 1. The molecule has 1 heteroatoms. The van der Waals surface area contributed by atoms with Gasteiger partial charge >= 0.3 is 0 Å². The van der Waals surface area contributed by atoms with Crippen LogP contribution in [0.5, 0.6) is 0 Å². The summed E-state index contributed by atoms with van der Waals surface area (Å²) in [5, 5.41) is 0. The summed E-state index contributed by atoms with van der Waals surface area (Å²) < 4.78 is 0. The van der Waals surface area contributed by atoms with Gasteiger partial charge in [-0.3, -0.25) is 4.99 Å². The molecule has 0 aliphatic carbocycles. The van der Waals surface area contributed by atoms with Crippen molar-refractivity contribution in [3.63, 3.8) is 0 Å². The summed E-state index contributed by atoms with van der Waals surface area (Å²) in [7, 11) is 0. The van der Waals surface area contributed by atoms with Gasteiger partial charge in [-0.2, -0.15) is 0 Å². The Morgan fingerprint density at radius 3 is 2.30 bits per heavy atom. The van der Waals surface area contributed by atoms with Gasteiger partial charge in [-0.25, -0.2) is 0 Å². The largest absolute Gasteiger partial charge is 0.287 e. The number of hydrogen-bond acceptors (Lipinski definition) is 1. The van der Waals surface area contributed by atoms with Crippen LogP contribution < -0.4 is 0 Å². The lowest BCUT2D eigenvalue weighted by Crippen LogP contribution is -2.09. The van der Waals surface area contributed by atoms with Crippen molar-refractivity contribution >= 4 is 6.21 Å². The van der Waals surface area contributed by atoms with Crippen molar-refractivity contribution < 1.29 is 0 Å². The van der Waals surface area contributed by atoms with Gasteiger partial charge in [0.15, 0.2) is 0 Å². The normalized spacial score (nSPS) is 12.4. The highest BCUT2D eigenvalue weighted by Gasteiger charge is 2.03. The highest BCUT2D eigenvalue weighted by Crippen LogP contribution is 2.06. The maximum atomic E-state index is 4.30. The Morgan fingerprint density at radius 2 is 2.00 bits per heavy atom. The third-order valence-electron chi connectivity index (χ3n) is 1.09. The quantitative estimate of drug-likeness (QED) is 0.522. The minimum Gasteiger partial charge on any atom is -0.287 e. The fourth-order valence-electron chi connectivity index (χ4n) is 0.376. The molecule has 0 aromatic rings. The van der Waals surface area contributed by atoms with E-state index in [0.29, 0.717) is 0 Å². The Morgan fingerprint density at radius 1 is 1.50 bits per heavy atom. The zero-order chi connectivity index (χ0) is 8.20. The van der Waals surface area contributed by atoms with E-state index < -0.39 is 0 Å². The van der Waals surface area contributed by atoms with Crippen LogP contribution in [0, 0.1) is 0 Å². The molecule has 0 aliphatic heterocycles. The standard InChI is InChI=1S/C9H17N/c1-6-8(2)7-10-9(3,4)5/h7H,2,6H2,1,3-5H3. The van der Waals surface area contributed by atoms with Crippen molar-refractivity contribution in [2.24, 2.45) is 4.99 Å². The van der Waals surface area contributed by atoms with E-state index in [-0.39, 0.29) is 5.54 Å². The molecular weight excluding hydrogens is 122 g/mol. The molecule has 0 N–H and O–H groups in total. The monoisotopic (exact) mass is 139 g/mol. The van der Waals surface area contributed by atoms with E-state index >= 15 is 0 Å². The van der Waals surface area contributed by atoms with Crippen molar-refractivity contribution in [2.75, 3.05) is 0 Å². The van der Waals surface area contributed by atoms with Crippen LogP contribution in [0.25, 0.3) is 0 Å². The molecule has 0 fully saturated rings. The SMILES string of the molecule is C=C(C=NC(C)(C)C)CC. The molecule has 0 radical (unpaired) electrons. The molecule has 0 heterocycles. The van der Waals surface area contributed by atoms with Crippen LogP contribution in [-0.2, 0) is 0 Å². The third-order valence-corrected chi connectivity index (χ3v) is 1.09. The average Bonchev–Trinajstić information content (AvgIpc) is 1.81. The molecule has 10 heavy (non-hydrogen) atoms. The van der Waals surface area contributed by atoms with Crippen LogP contribution in [0.3, 0.4) is 0 Å². The maximum Gasteiger partial charge on any atom is 0.0524 e. The maximum absolute atomic E-state index is 4.30. The van der Waals surface area contributed by atoms with Gasteiger partial charge in [0.2, 0.25) is 0 Å². The predicted octanol–water partition coefficient (Wildman–Crippen LogP) is 2.82. The van der Waals surface area contributed by atoms with Gasteiger partial charge in [0.05, 0.1) is 5.54 Å². The fourth-order valence-corrected chi connectivity index (χ4v) is 0.376. The second kappa shape index (κ2) is 3.55. The summed E-state index contributed by atoms with van der Waals surface area (Å²) in [6, 6.07) is 0. The summed E-state index contributed by atoms with van der Waals surface area (Å²) in [6.07, 6.45) is 2.85. The van der Waals surface area contributed by atoms with E-state index in [1.165, 1.54) is 0 Å². The van der Waals surface area contributed by atoms with E-state index in [9.17, 15) is 0 Å². The Bertz CT molecular complexity index is 137. The topological polar surface area (TPSA) is 12.4 Å². The van der Waals surface area contributed by atoms with Gasteiger partial charge in [-0.05, 0) is 32.8 Å². The average molecular weight is 139 g/mol. The molecular formula is C9H17N. The van der Waals surface area contributed by atoms with Gasteiger partial charge in [0.25, 0.3) is 0 Å². The number of allylic oxidation sites excluding steroid dienone is 1. The molecule has 0 atom stereocenters. The Hall–Kier alpha value is -0.590. The van der Waals surface area contributed by atoms with Gasteiger partial charge < -0.3 is 0 Å². The van der Waals surface area contributed by atoms with Gasteiger partial charge in [0, 0.05) is 6.21 Å². The molecule has 0 unspecified atom stereocenters. The fraction of sp³-hybridized carbons (Fsp3) is 0.667. The highest BCUT2D eigenvalue weighted by atomic mass is 14.8. The minimum absolute atomic E-state index is 0.0398. The molecule has 0 aliphatic rings. The summed E-state index contributed by atoms with van der Waals surface area (Å²) in [4.78, 5) is 4.30. The summed E-state index contributed by atoms with van der Waals surface area (Å²) in [6.45, 7) is 12.1. The van der Waals surface area contributed by atoms with E-state index in [1.54, 1.807) is 0 Å². The molecule has 58 valence electrons. The van der Waals surface area contributed by atoms with Crippen molar-refractivity contribution in [3.8, 4) is 0 Å². The van der Waals surface area contributed by atoms with Crippen LogP contribution >= 0.6 is 0 Å². The first-order chi connectivity index (χ1) is 4.45.